The third kappa shape index (κ3) is 5.30. The Hall–Kier alpha value is 0.370. The Bertz CT molecular complexity index is 298. The quantitative estimate of drug-likeness (QED) is 0.549. The fourth-order valence-electron chi connectivity index (χ4n) is 1.11. The molecule has 1 aromatic carbocycles. The molecule has 0 amide bonds. The van der Waals surface area contributed by atoms with Gasteiger partial charge in [0.25, 0.3) is 0 Å². The van der Waals surface area contributed by atoms with Crippen molar-refractivity contribution in [2.45, 2.75) is 26.2 Å². The molecule has 3 nitrogen and oxygen atoms in total. The van der Waals surface area contributed by atoms with Crippen LogP contribution in [0.15, 0.2) is 24.3 Å². The summed E-state index contributed by atoms with van der Waals surface area (Å²) in [5, 5.41) is 0. The van der Waals surface area contributed by atoms with Gasteiger partial charge in [-0.3, -0.25) is 0 Å². The van der Waals surface area contributed by atoms with Crippen molar-refractivity contribution in [1.82, 2.24) is 0 Å². The number of hydrogen-bond donors (Lipinski definition) is 2. The molecule has 0 unspecified atom stereocenters. The van der Waals surface area contributed by atoms with E-state index in [0.29, 0.717) is 5.75 Å². The second kappa shape index (κ2) is 6.19. The fraction of sp³-hybridized carbons (Fsp3) is 0.400. The molecule has 80 valence electrons. The number of rotatable bonds is 2. The van der Waals surface area contributed by atoms with E-state index in [2.05, 4.69) is 20.8 Å². The van der Waals surface area contributed by atoms with Crippen molar-refractivity contribution in [2.24, 2.45) is 0 Å². The first kappa shape index (κ1) is 15.4. The average molecular weight is 238 g/mol. The van der Waals surface area contributed by atoms with Gasteiger partial charge in [-0.05, 0) is 23.1 Å². The number of benzene rings is 1. The Balaban J connectivity index is 0. The van der Waals surface area contributed by atoms with Gasteiger partial charge in [-0.15, -0.1) is 0 Å². The molecule has 0 aliphatic heterocycles. The first-order chi connectivity index (χ1) is 6.39. The van der Waals surface area contributed by atoms with E-state index in [1.165, 1.54) is 5.56 Å². The topological polar surface area (TPSA) is 49.7 Å². The Morgan fingerprint density at radius 1 is 1.13 bits per heavy atom. The molecular formula is C10H16NaO3P. The monoisotopic (exact) mass is 238 g/mol. The molecule has 0 aliphatic carbocycles. The van der Waals surface area contributed by atoms with Crippen LogP contribution in [0.3, 0.4) is 0 Å². The van der Waals surface area contributed by atoms with E-state index in [-0.39, 0.29) is 36.4 Å². The largest absolute Gasteiger partial charge is 1.00 e. The van der Waals surface area contributed by atoms with Gasteiger partial charge in [0.1, 0.15) is 5.75 Å². The molecule has 0 spiro atoms. The molecule has 0 aromatic heterocycles. The molecule has 0 bridgehead atoms. The Labute approximate surface area is 115 Å². The predicted molar refractivity (Wildman–Crippen MR) is 58.2 cm³/mol. The normalized spacial score (nSPS) is 11.1. The summed E-state index contributed by atoms with van der Waals surface area (Å²) in [6.07, 6.45) is 0. The van der Waals surface area contributed by atoms with E-state index in [1.54, 1.807) is 12.1 Å². The van der Waals surface area contributed by atoms with E-state index in [1.807, 2.05) is 12.1 Å². The zero-order valence-corrected chi connectivity index (χ0v) is 12.5. The zero-order valence-electron chi connectivity index (χ0n) is 10.6. The van der Waals surface area contributed by atoms with E-state index in [4.69, 9.17) is 14.3 Å². The van der Waals surface area contributed by atoms with Crippen molar-refractivity contribution in [3.63, 3.8) is 0 Å². The Kier molecular flexibility index (Phi) is 6.34. The first-order valence-corrected chi connectivity index (χ1v) is 5.52. The smallest absolute Gasteiger partial charge is 1.00 e. The average Bonchev–Trinajstić information content (AvgIpc) is 2.02. The van der Waals surface area contributed by atoms with Gasteiger partial charge >= 0.3 is 38.2 Å². The van der Waals surface area contributed by atoms with E-state index in [0.717, 1.165) is 0 Å². The minimum Gasteiger partial charge on any atom is -1.00 e. The van der Waals surface area contributed by atoms with Crippen LogP contribution in [-0.2, 0) is 5.41 Å². The summed E-state index contributed by atoms with van der Waals surface area (Å²) in [6, 6.07) is 7.33. The van der Waals surface area contributed by atoms with Crippen LogP contribution in [0.1, 0.15) is 27.8 Å². The van der Waals surface area contributed by atoms with Crippen LogP contribution >= 0.6 is 8.60 Å². The van der Waals surface area contributed by atoms with Crippen molar-refractivity contribution >= 4 is 8.60 Å². The molecule has 0 aliphatic rings. The molecule has 15 heavy (non-hydrogen) atoms. The van der Waals surface area contributed by atoms with Gasteiger partial charge in [0.05, 0.1) is 0 Å². The molecular weight excluding hydrogens is 222 g/mol. The van der Waals surface area contributed by atoms with Gasteiger partial charge in [-0.2, -0.15) is 0 Å². The van der Waals surface area contributed by atoms with Gasteiger partial charge in [0.15, 0.2) is 0 Å². The van der Waals surface area contributed by atoms with Gasteiger partial charge in [-0.1, -0.05) is 32.9 Å². The van der Waals surface area contributed by atoms with Gasteiger partial charge in [0, 0.05) is 0 Å². The van der Waals surface area contributed by atoms with Crippen molar-refractivity contribution in [2.75, 3.05) is 0 Å². The van der Waals surface area contributed by atoms with Gasteiger partial charge in [0.2, 0.25) is 0 Å². The minimum absolute atomic E-state index is 0. The molecule has 0 fully saturated rings. The minimum atomic E-state index is -2.31. The van der Waals surface area contributed by atoms with Crippen molar-refractivity contribution in [3.05, 3.63) is 29.8 Å². The summed E-state index contributed by atoms with van der Waals surface area (Å²) in [6.45, 7) is 6.36. The summed E-state index contributed by atoms with van der Waals surface area (Å²) in [5.41, 5.74) is 1.28. The predicted octanol–water partition coefficient (Wildman–Crippen LogP) is -0.309. The zero-order chi connectivity index (χ0) is 10.8. The van der Waals surface area contributed by atoms with Crippen molar-refractivity contribution in [3.8, 4) is 5.75 Å². The maximum Gasteiger partial charge on any atom is 1.00 e. The maximum atomic E-state index is 8.63. The molecule has 0 radical (unpaired) electrons. The Morgan fingerprint density at radius 2 is 1.60 bits per heavy atom. The van der Waals surface area contributed by atoms with Crippen molar-refractivity contribution in [1.29, 1.82) is 0 Å². The van der Waals surface area contributed by atoms with Crippen LogP contribution in [0.25, 0.3) is 0 Å². The molecule has 0 heterocycles. The SMILES string of the molecule is CC(C)(C)c1ccc(OP(O)O)cc1.[H-].[Na+]. The molecule has 1 aromatic rings. The van der Waals surface area contributed by atoms with Crippen LogP contribution in [0.2, 0.25) is 0 Å². The number of hydrogen-bond acceptors (Lipinski definition) is 3. The van der Waals surface area contributed by atoms with Crippen LogP contribution in [0.4, 0.5) is 0 Å². The maximum absolute atomic E-state index is 8.63. The second-order valence-electron chi connectivity index (χ2n) is 4.12. The fourth-order valence-corrected chi connectivity index (χ4v) is 1.42. The summed E-state index contributed by atoms with van der Waals surface area (Å²) in [5.74, 6) is 0.481. The molecule has 1 rings (SSSR count). The summed E-state index contributed by atoms with van der Waals surface area (Å²) in [7, 11) is -2.31. The van der Waals surface area contributed by atoms with Crippen LogP contribution in [0, 0.1) is 0 Å². The van der Waals surface area contributed by atoms with E-state index < -0.39 is 8.60 Å². The van der Waals surface area contributed by atoms with Gasteiger partial charge in [-0.25, -0.2) is 0 Å². The van der Waals surface area contributed by atoms with E-state index in [9.17, 15) is 0 Å². The molecule has 5 heteroatoms. The third-order valence-electron chi connectivity index (χ3n) is 1.91. The third-order valence-corrected chi connectivity index (χ3v) is 2.28. The van der Waals surface area contributed by atoms with Crippen LogP contribution in [0.5, 0.6) is 5.75 Å². The first-order valence-electron chi connectivity index (χ1n) is 4.36. The standard InChI is InChI=1S/C10H15O3P.Na.H/c1-10(2,3)8-4-6-9(7-5-8)13-14(11)12;;/h4-7,11-12H,1-3H3;;/q;+1;-1. The molecule has 0 saturated heterocycles. The van der Waals surface area contributed by atoms with Gasteiger partial charge < -0.3 is 15.7 Å². The summed E-state index contributed by atoms with van der Waals surface area (Å²) < 4.78 is 4.76. The summed E-state index contributed by atoms with van der Waals surface area (Å²) >= 11 is 0. The summed E-state index contributed by atoms with van der Waals surface area (Å²) in [4.78, 5) is 17.3. The molecule has 0 saturated carbocycles. The second-order valence-corrected chi connectivity index (χ2v) is 4.81. The molecule has 0 atom stereocenters. The molecule has 2 N–H and O–H groups in total. The van der Waals surface area contributed by atoms with Crippen LogP contribution < -0.4 is 34.1 Å². The Morgan fingerprint density at radius 3 is 1.93 bits per heavy atom. The van der Waals surface area contributed by atoms with Crippen LogP contribution in [-0.4, -0.2) is 9.79 Å². The van der Waals surface area contributed by atoms with Crippen molar-refractivity contribution < 1.29 is 45.3 Å². The van der Waals surface area contributed by atoms with E-state index >= 15 is 0 Å².